The Balaban J connectivity index is 2.21. The van der Waals surface area contributed by atoms with Crippen molar-refractivity contribution in [3.63, 3.8) is 0 Å². The second-order valence-electron chi connectivity index (χ2n) is 4.74. The molecule has 94 valence electrons. The first-order valence-electron chi connectivity index (χ1n) is 6.33. The molecule has 1 fully saturated rings. The molecule has 0 heterocycles. The second-order valence-corrected chi connectivity index (χ2v) is 4.74. The average Bonchev–Trinajstić information content (AvgIpc) is 2.28. The highest BCUT2D eigenvalue weighted by molar-refractivity contribution is 5.36. The first-order chi connectivity index (χ1) is 8.27. The predicted molar refractivity (Wildman–Crippen MR) is 70.2 cm³/mol. The maximum absolute atomic E-state index is 5.95. The molecule has 1 aromatic rings. The molecule has 0 amide bonds. The minimum Gasteiger partial charge on any atom is -0.496 e. The summed E-state index contributed by atoms with van der Waals surface area (Å²) >= 11 is 0. The van der Waals surface area contributed by atoms with Crippen molar-refractivity contribution in [2.75, 3.05) is 20.7 Å². The Morgan fingerprint density at radius 1 is 1.41 bits per heavy atom. The summed E-state index contributed by atoms with van der Waals surface area (Å²) in [4.78, 5) is 2.40. The van der Waals surface area contributed by atoms with E-state index in [0.717, 1.165) is 5.75 Å². The Morgan fingerprint density at radius 2 is 2.12 bits per heavy atom. The van der Waals surface area contributed by atoms with E-state index in [-0.39, 0.29) is 6.04 Å². The van der Waals surface area contributed by atoms with E-state index in [0.29, 0.717) is 12.6 Å². The van der Waals surface area contributed by atoms with Crippen LogP contribution in [0.4, 0.5) is 0 Å². The maximum atomic E-state index is 5.95. The number of likely N-dealkylation sites (N-methyl/N-ethyl adjacent to an activating group) is 1. The molecule has 2 rings (SSSR count). The summed E-state index contributed by atoms with van der Waals surface area (Å²) in [7, 11) is 3.89. The van der Waals surface area contributed by atoms with Gasteiger partial charge in [0.1, 0.15) is 5.75 Å². The summed E-state index contributed by atoms with van der Waals surface area (Å²) in [6.45, 7) is 0.632. The van der Waals surface area contributed by atoms with Crippen LogP contribution in [0.1, 0.15) is 30.9 Å². The van der Waals surface area contributed by atoms with Crippen LogP contribution in [0, 0.1) is 0 Å². The molecule has 0 saturated heterocycles. The lowest BCUT2D eigenvalue weighted by atomic mass is 9.89. The summed E-state index contributed by atoms with van der Waals surface area (Å²) in [6, 6.07) is 9.12. The number of ether oxygens (including phenoxy) is 1. The van der Waals surface area contributed by atoms with Crippen molar-refractivity contribution in [3.05, 3.63) is 29.8 Å². The zero-order valence-electron chi connectivity index (χ0n) is 10.7. The van der Waals surface area contributed by atoms with Gasteiger partial charge < -0.3 is 10.5 Å². The molecule has 2 N–H and O–H groups in total. The molecule has 0 spiro atoms. The van der Waals surface area contributed by atoms with E-state index in [4.69, 9.17) is 10.5 Å². The maximum Gasteiger partial charge on any atom is 0.123 e. The zero-order valence-corrected chi connectivity index (χ0v) is 10.7. The Hall–Kier alpha value is -1.06. The number of nitrogens with zero attached hydrogens (tertiary/aromatic N) is 1. The van der Waals surface area contributed by atoms with Crippen LogP contribution >= 0.6 is 0 Å². The van der Waals surface area contributed by atoms with Crippen LogP contribution in [-0.2, 0) is 0 Å². The van der Waals surface area contributed by atoms with E-state index in [2.05, 4.69) is 24.1 Å². The van der Waals surface area contributed by atoms with Crippen molar-refractivity contribution in [3.8, 4) is 5.75 Å². The van der Waals surface area contributed by atoms with Crippen LogP contribution in [0.5, 0.6) is 5.75 Å². The van der Waals surface area contributed by atoms with Gasteiger partial charge in [-0.2, -0.15) is 0 Å². The predicted octanol–water partition coefficient (Wildman–Crippen LogP) is 2.18. The molecule has 1 saturated carbocycles. The largest absolute Gasteiger partial charge is 0.496 e. The second kappa shape index (κ2) is 5.52. The molecule has 3 nitrogen and oxygen atoms in total. The minimum absolute atomic E-state index is 0.261. The first kappa shape index (κ1) is 12.4. The number of para-hydroxylation sites is 1. The third-order valence-corrected chi connectivity index (χ3v) is 3.86. The fraction of sp³-hybridized carbons (Fsp3) is 0.571. The van der Waals surface area contributed by atoms with Crippen LogP contribution in [0.25, 0.3) is 0 Å². The van der Waals surface area contributed by atoms with Crippen LogP contribution in [0.2, 0.25) is 0 Å². The van der Waals surface area contributed by atoms with Crippen LogP contribution < -0.4 is 10.5 Å². The van der Waals surface area contributed by atoms with Crippen molar-refractivity contribution in [2.45, 2.75) is 31.3 Å². The topological polar surface area (TPSA) is 38.5 Å². The van der Waals surface area contributed by atoms with E-state index >= 15 is 0 Å². The number of hydrogen-bond donors (Lipinski definition) is 1. The molecule has 1 atom stereocenters. The molecule has 0 bridgehead atoms. The lowest BCUT2D eigenvalue weighted by Gasteiger charge is -2.40. The number of methoxy groups -OCH3 is 1. The highest BCUT2D eigenvalue weighted by atomic mass is 16.5. The standard InChI is InChI=1S/C14H22N2O/c1-16(11-6-5-7-11)13(10-15)12-8-3-4-9-14(12)17-2/h3-4,8-9,11,13H,5-7,10,15H2,1-2H3. The lowest BCUT2D eigenvalue weighted by molar-refractivity contribution is 0.112. The van der Waals surface area contributed by atoms with Gasteiger partial charge in [-0.05, 0) is 26.0 Å². The quantitative estimate of drug-likeness (QED) is 0.848. The Bertz CT molecular complexity index is 363. The third kappa shape index (κ3) is 2.45. The van der Waals surface area contributed by atoms with Gasteiger partial charge in [-0.3, -0.25) is 4.90 Å². The molecular weight excluding hydrogens is 212 g/mol. The van der Waals surface area contributed by atoms with Gasteiger partial charge in [0, 0.05) is 18.2 Å². The highest BCUT2D eigenvalue weighted by Gasteiger charge is 2.28. The number of rotatable bonds is 5. The number of hydrogen-bond acceptors (Lipinski definition) is 3. The zero-order chi connectivity index (χ0) is 12.3. The molecule has 1 aliphatic carbocycles. The van der Waals surface area contributed by atoms with Crippen molar-refractivity contribution in [1.29, 1.82) is 0 Å². The Kier molecular flexibility index (Phi) is 4.02. The van der Waals surface area contributed by atoms with Gasteiger partial charge in [-0.1, -0.05) is 24.6 Å². The monoisotopic (exact) mass is 234 g/mol. The van der Waals surface area contributed by atoms with E-state index in [1.165, 1.54) is 24.8 Å². The molecule has 0 radical (unpaired) electrons. The average molecular weight is 234 g/mol. The van der Waals surface area contributed by atoms with E-state index in [9.17, 15) is 0 Å². The van der Waals surface area contributed by atoms with E-state index < -0.39 is 0 Å². The van der Waals surface area contributed by atoms with Gasteiger partial charge in [0.2, 0.25) is 0 Å². The van der Waals surface area contributed by atoms with Gasteiger partial charge in [-0.25, -0.2) is 0 Å². The molecule has 1 aromatic carbocycles. The van der Waals surface area contributed by atoms with Gasteiger partial charge in [-0.15, -0.1) is 0 Å². The van der Waals surface area contributed by atoms with Crippen LogP contribution in [-0.4, -0.2) is 31.6 Å². The van der Waals surface area contributed by atoms with E-state index in [1.807, 2.05) is 12.1 Å². The summed E-state index contributed by atoms with van der Waals surface area (Å²) in [5, 5.41) is 0. The van der Waals surface area contributed by atoms with Crippen molar-refractivity contribution in [1.82, 2.24) is 4.90 Å². The van der Waals surface area contributed by atoms with E-state index in [1.54, 1.807) is 7.11 Å². The summed E-state index contributed by atoms with van der Waals surface area (Å²) < 4.78 is 5.43. The molecule has 0 aromatic heterocycles. The van der Waals surface area contributed by atoms with Gasteiger partial charge >= 0.3 is 0 Å². The van der Waals surface area contributed by atoms with Gasteiger partial charge in [0.25, 0.3) is 0 Å². The summed E-state index contributed by atoms with van der Waals surface area (Å²) in [5.74, 6) is 0.939. The van der Waals surface area contributed by atoms with Gasteiger partial charge in [0.05, 0.1) is 13.2 Å². The fourth-order valence-corrected chi connectivity index (χ4v) is 2.50. The number of nitrogens with two attached hydrogens (primary N) is 1. The van der Waals surface area contributed by atoms with Crippen molar-refractivity contribution >= 4 is 0 Å². The normalized spacial score (nSPS) is 17.9. The molecule has 1 aliphatic rings. The first-order valence-corrected chi connectivity index (χ1v) is 6.33. The molecule has 3 heteroatoms. The molecular formula is C14H22N2O. The third-order valence-electron chi connectivity index (χ3n) is 3.86. The fourth-order valence-electron chi connectivity index (χ4n) is 2.50. The SMILES string of the molecule is COc1ccccc1C(CN)N(C)C1CCC1. The summed E-state index contributed by atoms with van der Waals surface area (Å²) in [6.07, 6.45) is 3.93. The van der Waals surface area contributed by atoms with Crippen LogP contribution in [0.15, 0.2) is 24.3 Å². The summed E-state index contributed by atoms with van der Waals surface area (Å²) in [5.41, 5.74) is 7.15. The van der Waals surface area contributed by atoms with Crippen molar-refractivity contribution < 1.29 is 4.74 Å². The lowest BCUT2D eigenvalue weighted by Crippen LogP contribution is -2.42. The molecule has 0 aliphatic heterocycles. The van der Waals surface area contributed by atoms with Crippen LogP contribution in [0.3, 0.4) is 0 Å². The van der Waals surface area contributed by atoms with Crippen molar-refractivity contribution in [2.24, 2.45) is 5.73 Å². The van der Waals surface area contributed by atoms with Gasteiger partial charge in [0.15, 0.2) is 0 Å². The Morgan fingerprint density at radius 3 is 2.65 bits per heavy atom. The Labute approximate surface area is 104 Å². The minimum atomic E-state index is 0.261. The molecule has 1 unspecified atom stereocenters. The molecule has 17 heavy (non-hydrogen) atoms. The smallest absolute Gasteiger partial charge is 0.123 e. The number of benzene rings is 1. The highest BCUT2D eigenvalue weighted by Crippen LogP contribution is 2.33.